The lowest BCUT2D eigenvalue weighted by molar-refractivity contribution is 0.194. The van der Waals surface area contributed by atoms with Crippen LogP contribution in [0.25, 0.3) is 0 Å². The van der Waals surface area contributed by atoms with Gasteiger partial charge in [0.15, 0.2) is 9.84 Å². The van der Waals surface area contributed by atoms with Crippen LogP contribution in [0.5, 0.6) is 0 Å². The molecule has 16 heavy (non-hydrogen) atoms. The van der Waals surface area contributed by atoms with Crippen LogP contribution < -0.4 is 0 Å². The maximum Gasteiger partial charge on any atom is 0.175 e. The van der Waals surface area contributed by atoms with E-state index in [-0.39, 0.29) is 0 Å². The van der Waals surface area contributed by atoms with E-state index in [1.54, 1.807) is 13.0 Å². The molecule has 0 aliphatic rings. The molecule has 0 heterocycles. The first kappa shape index (κ1) is 13.2. The minimum Gasteiger partial charge on any atom is -0.393 e. The highest BCUT2D eigenvalue weighted by Gasteiger charge is 2.15. The number of hydrogen-bond donors (Lipinski definition) is 1. The highest BCUT2D eigenvalue weighted by Crippen LogP contribution is 2.22. The lowest BCUT2D eigenvalue weighted by Gasteiger charge is -2.12. The number of aliphatic hydroxyl groups is 1. The Hall–Kier alpha value is -0.870. The van der Waals surface area contributed by atoms with Crippen molar-refractivity contribution in [2.45, 2.75) is 38.2 Å². The van der Waals surface area contributed by atoms with Crippen LogP contribution in [0.1, 0.15) is 23.6 Å². The van der Waals surface area contributed by atoms with Crippen molar-refractivity contribution < 1.29 is 13.5 Å². The third kappa shape index (κ3) is 3.06. The van der Waals surface area contributed by atoms with Crippen LogP contribution >= 0.6 is 0 Å². The van der Waals surface area contributed by atoms with E-state index in [1.165, 1.54) is 6.26 Å². The number of aryl methyl sites for hydroxylation is 2. The van der Waals surface area contributed by atoms with Crippen LogP contribution in [0.3, 0.4) is 0 Å². The van der Waals surface area contributed by atoms with E-state index in [4.69, 9.17) is 0 Å². The van der Waals surface area contributed by atoms with Crippen molar-refractivity contribution in [3.63, 3.8) is 0 Å². The first-order valence-corrected chi connectivity index (χ1v) is 7.09. The van der Waals surface area contributed by atoms with Crippen molar-refractivity contribution in [1.29, 1.82) is 0 Å². The third-order valence-corrected chi connectivity index (χ3v) is 3.77. The lowest BCUT2D eigenvalue weighted by atomic mass is 10.0. The minimum absolute atomic E-state index is 0.330. The largest absolute Gasteiger partial charge is 0.393 e. The predicted octanol–water partition coefficient (Wildman–Crippen LogP) is 1.63. The normalized spacial score (nSPS) is 13.8. The van der Waals surface area contributed by atoms with Gasteiger partial charge in [-0.05, 0) is 49.9 Å². The van der Waals surface area contributed by atoms with E-state index in [2.05, 4.69) is 0 Å². The highest BCUT2D eigenvalue weighted by atomic mass is 32.2. The number of aliphatic hydroxyl groups excluding tert-OH is 1. The summed E-state index contributed by atoms with van der Waals surface area (Å²) in [6.45, 7) is 5.48. The summed E-state index contributed by atoms with van der Waals surface area (Å²) in [6.07, 6.45) is 1.02. The van der Waals surface area contributed by atoms with Gasteiger partial charge >= 0.3 is 0 Å². The first-order valence-electron chi connectivity index (χ1n) is 5.20. The topological polar surface area (TPSA) is 54.4 Å². The van der Waals surface area contributed by atoms with Crippen molar-refractivity contribution in [3.05, 3.63) is 28.8 Å². The second-order valence-electron chi connectivity index (χ2n) is 4.37. The van der Waals surface area contributed by atoms with Gasteiger partial charge in [-0.2, -0.15) is 0 Å². The Morgan fingerprint density at radius 2 is 1.75 bits per heavy atom. The Balaban J connectivity index is 3.40. The maximum atomic E-state index is 11.6. The number of sulfone groups is 1. The monoisotopic (exact) mass is 242 g/mol. The van der Waals surface area contributed by atoms with Gasteiger partial charge in [0.05, 0.1) is 11.0 Å². The molecule has 0 aliphatic heterocycles. The fourth-order valence-corrected chi connectivity index (χ4v) is 2.68. The van der Waals surface area contributed by atoms with Crippen molar-refractivity contribution in [2.75, 3.05) is 6.26 Å². The number of hydrogen-bond acceptors (Lipinski definition) is 3. The average molecular weight is 242 g/mol. The van der Waals surface area contributed by atoms with E-state index in [9.17, 15) is 13.5 Å². The number of rotatable bonds is 3. The fourth-order valence-electron chi connectivity index (χ4n) is 1.67. The van der Waals surface area contributed by atoms with Crippen LogP contribution in [0, 0.1) is 13.8 Å². The molecule has 0 aromatic heterocycles. The average Bonchev–Trinajstić information content (AvgIpc) is 2.08. The molecule has 1 aromatic carbocycles. The van der Waals surface area contributed by atoms with Crippen LogP contribution in [-0.2, 0) is 16.3 Å². The third-order valence-electron chi connectivity index (χ3n) is 2.59. The summed E-state index contributed by atoms with van der Waals surface area (Å²) in [5, 5.41) is 9.36. The zero-order valence-corrected chi connectivity index (χ0v) is 10.9. The molecule has 1 unspecified atom stereocenters. The molecule has 0 bridgehead atoms. The predicted molar refractivity (Wildman–Crippen MR) is 64.4 cm³/mol. The SMILES string of the molecule is Cc1cc(CC(C)O)c(S(C)(=O)=O)cc1C. The van der Waals surface area contributed by atoms with Gasteiger partial charge in [0.2, 0.25) is 0 Å². The van der Waals surface area contributed by atoms with Crippen molar-refractivity contribution >= 4 is 9.84 Å². The van der Waals surface area contributed by atoms with Crippen LogP contribution in [0.2, 0.25) is 0 Å². The van der Waals surface area contributed by atoms with Crippen LogP contribution in [0.4, 0.5) is 0 Å². The second kappa shape index (κ2) is 4.55. The summed E-state index contributed by atoms with van der Waals surface area (Å²) in [5.74, 6) is 0. The molecule has 4 heteroatoms. The highest BCUT2D eigenvalue weighted by molar-refractivity contribution is 7.90. The first-order chi connectivity index (χ1) is 7.21. The summed E-state index contributed by atoms with van der Waals surface area (Å²) >= 11 is 0. The summed E-state index contributed by atoms with van der Waals surface area (Å²) < 4.78 is 23.2. The molecule has 0 saturated heterocycles. The van der Waals surface area contributed by atoms with Crippen molar-refractivity contribution in [3.8, 4) is 0 Å². The quantitative estimate of drug-likeness (QED) is 0.876. The lowest BCUT2D eigenvalue weighted by Crippen LogP contribution is -2.10. The molecule has 0 fully saturated rings. The minimum atomic E-state index is -3.23. The molecule has 90 valence electrons. The molecule has 0 saturated carbocycles. The summed E-state index contributed by atoms with van der Waals surface area (Å²) in [6, 6.07) is 3.53. The molecule has 0 radical (unpaired) electrons. The summed E-state index contributed by atoms with van der Waals surface area (Å²) in [7, 11) is -3.23. The Labute approximate surface area is 97.0 Å². The molecule has 0 aliphatic carbocycles. The molecule has 3 nitrogen and oxygen atoms in total. The molecular weight excluding hydrogens is 224 g/mol. The second-order valence-corrected chi connectivity index (χ2v) is 6.35. The molecule has 0 spiro atoms. The van der Waals surface area contributed by atoms with Crippen molar-refractivity contribution in [2.24, 2.45) is 0 Å². The van der Waals surface area contributed by atoms with E-state index in [0.29, 0.717) is 16.9 Å². The van der Waals surface area contributed by atoms with Gasteiger partial charge < -0.3 is 5.11 Å². The van der Waals surface area contributed by atoms with Gasteiger partial charge in [0, 0.05) is 6.26 Å². The van der Waals surface area contributed by atoms with E-state index in [1.807, 2.05) is 19.9 Å². The van der Waals surface area contributed by atoms with E-state index in [0.717, 1.165) is 11.1 Å². The Morgan fingerprint density at radius 3 is 2.19 bits per heavy atom. The van der Waals surface area contributed by atoms with Gasteiger partial charge in [0.1, 0.15) is 0 Å². The van der Waals surface area contributed by atoms with Gasteiger partial charge in [-0.3, -0.25) is 0 Å². The van der Waals surface area contributed by atoms with E-state index < -0.39 is 15.9 Å². The molecule has 1 rings (SSSR count). The zero-order chi connectivity index (χ0) is 12.5. The molecule has 1 atom stereocenters. The van der Waals surface area contributed by atoms with Crippen molar-refractivity contribution in [1.82, 2.24) is 0 Å². The summed E-state index contributed by atoms with van der Waals surface area (Å²) in [5.41, 5.74) is 2.69. The van der Waals surface area contributed by atoms with Crippen LogP contribution in [0.15, 0.2) is 17.0 Å². The van der Waals surface area contributed by atoms with Crippen LogP contribution in [-0.4, -0.2) is 25.9 Å². The zero-order valence-electron chi connectivity index (χ0n) is 10.1. The molecular formula is C12H18O3S. The van der Waals surface area contributed by atoms with Gasteiger partial charge in [0.25, 0.3) is 0 Å². The number of benzene rings is 1. The molecule has 0 amide bonds. The Morgan fingerprint density at radius 1 is 1.25 bits per heavy atom. The molecule has 1 N–H and O–H groups in total. The maximum absolute atomic E-state index is 11.6. The summed E-state index contributed by atoms with van der Waals surface area (Å²) in [4.78, 5) is 0.330. The van der Waals surface area contributed by atoms with Gasteiger partial charge in [-0.1, -0.05) is 6.07 Å². The molecule has 1 aromatic rings. The Kier molecular flexibility index (Phi) is 3.76. The smallest absolute Gasteiger partial charge is 0.175 e. The van der Waals surface area contributed by atoms with E-state index >= 15 is 0 Å². The standard InChI is InChI=1S/C12H18O3S/c1-8-5-11(7-10(3)13)12(6-9(8)2)16(4,14)15/h5-6,10,13H,7H2,1-4H3. The van der Waals surface area contributed by atoms with Gasteiger partial charge in [-0.15, -0.1) is 0 Å². The fraction of sp³-hybridized carbons (Fsp3) is 0.500. The Bertz CT molecular complexity index is 487. The van der Waals surface area contributed by atoms with Gasteiger partial charge in [-0.25, -0.2) is 8.42 Å².